The maximum atomic E-state index is 5.37. The molecular formula is C13H15N3O2. The number of benzene rings is 1. The maximum Gasteiger partial charge on any atom is 0.231 e. The molecule has 0 aliphatic carbocycles. The summed E-state index contributed by atoms with van der Waals surface area (Å²) < 4.78 is 10.7. The van der Waals surface area contributed by atoms with E-state index >= 15 is 0 Å². The number of rotatable bonds is 2. The van der Waals surface area contributed by atoms with Gasteiger partial charge in [0.15, 0.2) is 11.5 Å². The second-order valence-electron chi connectivity index (χ2n) is 4.89. The Kier molecular flexibility index (Phi) is 2.20. The van der Waals surface area contributed by atoms with Gasteiger partial charge in [-0.3, -0.25) is 4.90 Å². The molecule has 4 rings (SSSR count). The van der Waals surface area contributed by atoms with Gasteiger partial charge in [-0.25, -0.2) is 4.98 Å². The van der Waals surface area contributed by atoms with Crippen molar-refractivity contribution < 1.29 is 9.47 Å². The lowest BCUT2D eigenvalue weighted by Crippen LogP contribution is -2.19. The van der Waals surface area contributed by atoms with E-state index in [2.05, 4.69) is 14.9 Å². The molecule has 1 fully saturated rings. The molecule has 1 N–H and O–H groups in total. The van der Waals surface area contributed by atoms with E-state index in [-0.39, 0.29) is 0 Å². The largest absolute Gasteiger partial charge is 0.454 e. The standard InChI is InChI=1S/C13H15N3O2/c1-2-4-16(3-1)7-13-14-9-5-11-12(18-8-17-11)6-10(9)15-13/h5-6H,1-4,7-8H2,(H,14,15). The van der Waals surface area contributed by atoms with Crippen LogP contribution in [-0.4, -0.2) is 34.8 Å². The van der Waals surface area contributed by atoms with Crippen LogP contribution < -0.4 is 9.47 Å². The molecule has 2 aliphatic heterocycles. The summed E-state index contributed by atoms with van der Waals surface area (Å²) in [7, 11) is 0. The number of likely N-dealkylation sites (tertiary alicyclic amines) is 1. The molecule has 5 nitrogen and oxygen atoms in total. The lowest BCUT2D eigenvalue weighted by atomic mass is 10.3. The van der Waals surface area contributed by atoms with Crippen molar-refractivity contribution in [3.05, 3.63) is 18.0 Å². The third-order valence-corrected chi connectivity index (χ3v) is 3.60. The minimum atomic E-state index is 0.308. The van der Waals surface area contributed by atoms with E-state index in [0.717, 1.165) is 34.9 Å². The van der Waals surface area contributed by atoms with Crippen LogP contribution in [0.5, 0.6) is 11.5 Å². The van der Waals surface area contributed by atoms with Gasteiger partial charge in [0.1, 0.15) is 5.82 Å². The topological polar surface area (TPSA) is 50.4 Å². The van der Waals surface area contributed by atoms with Crippen molar-refractivity contribution in [2.45, 2.75) is 19.4 Å². The fraction of sp³-hybridized carbons (Fsp3) is 0.462. The second-order valence-corrected chi connectivity index (χ2v) is 4.89. The third-order valence-electron chi connectivity index (χ3n) is 3.60. The van der Waals surface area contributed by atoms with Gasteiger partial charge in [0, 0.05) is 12.1 Å². The highest BCUT2D eigenvalue weighted by molar-refractivity contribution is 5.80. The van der Waals surface area contributed by atoms with Crippen LogP contribution in [0, 0.1) is 0 Å². The van der Waals surface area contributed by atoms with Crippen molar-refractivity contribution in [1.29, 1.82) is 0 Å². The number of ether oxygens (including phenoxy) is 2. The van der Waals surface area contributed by atoms with Crippen molar-refractivity contribution in [1.82, 2.24) is 14.9 Å². The Morgan fingerprint density at radius 2 is 1.94 bits per heavy atom. The average molecular weight is 245 g/mol. The van der Waals surface area contributed by atoms with Gasteiger partial charge in [0.2, 0.25) is 6.79 Å². The first-order valence-corrected chi connectivity index (χ1v) is 6.39. The lowest BCUT2D eigenvalue weighted by molar-refractivity contribution is 0.174. The number of aromatic nitrogens is 2. The summed E-state index contributed by atoms with van der Waals surface area (Å²) in [6.07, 6.45) is 2.60. The molecule has 0 radical (unpaired) electrons. The fourth-order valence-electron chi connectivity index (χ4n) is 2.68. The zero-order valence-electron chi connectivity index (χ0n) is 10.1. The van der Waals surface area contributed by atoms with Gasteiger partial charge < -0.3 is 14.5 Å². The van der Waals surface area contributed by atoms with Gasteiger partial charge >= 0.3 is 0 Å². The highest BCUT2D eigenvalue weighted by Crippen LogP contribution is 2.35. The zero-order valence-corrected chi connectivity index (χ0v) is 10.1. The quantitative estimate of drug-likeness (QED) is 0.877. The predicted octanol–water partition coefficient (Wildman–Crippen LogP) is 1.89. The van der Waals surface area contributed by atoms with Crippen LogP contribution in [0.15, 0.2) is 12.1 Å². The monoisotopic (exact) mass is 245 g/mol. The van der Waals surface area contributed by atoms with Crippen LogP contribution >= 0.6 is 0 Å². The van der Waals surface area contributed by atoms with Crippen LogP contribution in [0.2, 0.25) is 0 Å². The van der Waals surface area contributed by atoms with Crippen molar-refractivity contribution >= 4 is 11.0 Å². The molecule has 0 unspecified atom stereocenters. The molecule has 0 saturated carbocycles. The number of fused-ring (bicyclic) bond motifs is 2. The molecule has 1 aromatic heterocycles. The molecule has 0 atom stereocenters. The molecule has 5 heteroatoms. The summed E-state index contributed by atoms with van der Waals surface area (Å²) in [6, 6.07) is 3.92. The summed E-state index contributed by atoms with van der Waals surface area (Å²) >= 11 is 0. The van der Waals surface area contributed by atoms with Gasteiger partial charge in [0.25, 0.3) is 0 Å². The predicted molar refractivity (Wildman–Crippen MR) is 66.7 cm³/mol. The second kappa shape index (κ2) is 3.88. The Morgan fingerprint density at radius 1 is 1.17 bits per heavy atom. The van der Waals surface area contributed by atoms with E-state index in [1.165, 1.54) is 25.9 Å². The van der Waals surface area contributed by atoms with E-state index in [0.29, 0.717) is 6.79 Å². The number of aromatic amines is 1. The Hall–Kier alpha value is -1.75. The molecule has 94 valence electrons. The van der Waals surface area contributed by atoms with Crippen molar-refractivity contribution in [2.75, 3.05) is 19.9 Å². The van der Waals surface area contributed by atoms with Crippen molar-refractivity contribution in [2.24, 2.45) is 0 Å². The highest BCUT2D eigenvalue weighted by Gasteiger charge is 2.18. The van der Waals surface area contributed by atoms with Gasteiger partial charge in [-0.05, 0) is 25.9 Å². The molecular weight excluding hydrogens is 230 g/mol. The van der Waals surface area contributed by atoms with Gasteiger partial charge in [-0.15, -0.1) is 0 Å². The molecule has 0 amide bonds. The van der Waals surface area contributed by atoms with E-state index in [1.54, 1.807) is 0 Å². The fourth-order valence-corrected chi connectivity index (χ4v) is 2.68. The van der Waals surface area contributed by atoms with Crippen LogP contribution in [0.3, 0.4) is 0 Å². The van der Waals surface area contributed by atoms with Crippen LogP contribution in [-0.2, 0) is 6.54 Å². The molecule has 0 spiro atoms. The van der Waals surface area contributed by atoms with Gasteiger partial charge in [-0.1, -0.05) is 0 Å². The number of H-pyrrole nitrogens is 1. The number of imidazole rings is 1. The van der Waals surface area contributed by atoms with Crippen LogP contribution in [0.1, 0.15) is 18.7 Å². The minimum absolute atomic E-state index is 0.308. The lowest BCUT2D eigenvalue weighted by Gasteiger charge is -2.11. The SMILES string of the molecule is c1c2c(cc3[nH]c(CN4CCCC4)nc13)OCO2. The molecule has 1 aromatic carbocycles. The molecule has 0 bridgehead atoms. The van der Waals surface area contributed by atoms with E-state index in [9.17, 15) is 0 Å². The Bertz CT molecular complexity index is 546. The van der Waals surface area contributed by atoms with E-state index in [4.69, 9.17) is 9.47 Å². The van der Waals surface area contributed by atoms with Crippen LogP contribution in [0.4, 0.5) is 0 Å². The minimum Gasteiger partial charge on any atom is -0.454 e. The molecule has 1 saturated heterocycles. The van der Waals surface area contributed by atoms with Gasteiger partial charge in [-0.2, -0.15) is 0 Å². The number of hydrogen-bond donors (Lipinski definition) is 1. The zero-order chi connectivity index (χ0) is 11.9. The van der Waals surface area contributed by atoms with Crippen molar-refractivity contribution in [3.63, 3.8) is 0 Å². The average Bonchev–Trinajstić information content (AvgIpc) is 3.04. The van der Waals surface area contributed by atoms with Gasteiger partial charge in [0.05, 0.1) is 17.6 Å². The maximum absolute atomic E-state index is 5.37. The first-order chi connectivity index (χ1) is 8.88. The molecule has 18 heavy (non-hydrogen) atoms. The highest BCUT2D eigenvalue weighted by atomic mass is 16.7. The van der Waals surface area contributed by atoms with Crippen molar-refractivity contribution in [3.8, 4) is 11.5 Å². The number of nitrogens with one attached hydrogen (secondary N) is 1. The Balaban J connectivity index is 1.66. The van der Waals surface area contributed by atoms with E-state index < -0.39 is 0 Å². The normalized spacial score (nSPS) is 18.9. The summed E-state index contributed by atoms with van der Waals surface area (Å²) in [5.74, 6) is 2.62. The molecule has 2 aromatic rings. The Labute approximate surface area is 105 Å². The third kappa shape index (κ3) is 1.62. The van der Waals surface area contributed by atoms with E-state index in [1.807, 2.05) is 12.1 Å². The summed E-state index contributed by atoms with van der Waals surface area (Å²) in [5.41, 5.74) is 1.97. The Morgan fingerprint density at radius 3 is 2.78 bits per heavy atom. The molecule has 3 heterocycles. The number of hydrogen-bond acceptors (Lipinski definition) is 4. The first kappa shape index (κ1) is 10.2. The summed E-state index contributed by atoms with van der Waals surface area (Å²) in [6.45, 7) is 3.57. The first-order valence-electron chi connectivity index (χ1n) is 6.39. The smallest absolute Gasteiger partial charge is 0.231 e. The van der Waals surface area contributed by atoms with Crippen LogP contribution in [0.25, 0.3) is 11.0 Å². The summed E-state index contributed by atoms with van der Waals surface area (Å²) in [4.78, 5) is 10.4. The summed E-state index contributed by atoms with van der Waals surface area (Å²) in [5, 5.41) is 0. The molecule has 2 aliphatic rings. The number of nitrogens with zero attached hydrogens (tertiary/aromatic N) is 2.